The Bertz CT molecular complexity index is 830. The molecule has 1 unspecified atom stereocenters. The van der Waals surface area contributed by atoms with Gasteiger partial charge in [0.2, 0.25) is 0 Å². The number of fused-ring (bicyclic) bond motifs is 1. The molecule has 0 saturated carbocycles. The number of nitrogens with zero attached hydrogens (tertiary/aromatic N) is 2. The highest BCUT2D eigenvalue weighted by molar-refractivity contribution is 7.90. The van der Waals surface area contributed by atoms with Crippen molar-refractivity contribution in [1.82, 2.24) is 10.2 Å². The molecule has 0 aromatic heterocycles. The van der Waals surface area contributed by atoms with Gasteiger partial charge in [0.05, 0.1) is 11.8 Å². The molecule has 2 atom stereocenters. The molecule has 0 amide bonds. The van der Waals surface area contributed by atoms with Gasteiger partial charge in [-0.3, -0.25) is 0 Å². The number of ether oxygens (including phenoxy) is 1. The highest BCUT2D eigenvalue weighted by atomic mass is 32.2. The zero-order valence-electron chi connectivity index (χ0n) is 13.8. The third-order valence-corrected chi connectivity index (χ3v) is 5.87. The summed E-state index contributed by atoms with van der Waals surface area (Å²) in [4.78, 5) is 2.09. The van der Waals surface area contributed by atoms with Crippen molar-refractivity contribution in [2.45, 2.75) is 12.5 Å². The van der Waals surface area contributed by atoms with Gasteiger partial charge in [-0.2, -0.15) is 0 Å². The lowest BCUT2D eigenvalue weighted by molar-refractivity contribution is 0.327. The highest BCUT2D eigenvalue weighted by Gasteiger charge is 2.36. The molecule has 3 aliphatic rings. The van der Waals surface area contributed by atoms with Crippen molar-refractivity contribution >= 4 is 15.9 Å². The summed E-state index contributed by atoms with van der Waals surface area (Å²) in [5.74, 6) is 2.56. The van der Waals surface area contributed by atoms with Crippen LogP contribution in [0.2, 0.25) is 0 Å². The number of nitrogens with one attached hydrogen (secondary N) is 1. The molecule has 132 valence electrons. The number of allylic oxidation sites excluding steroid dienone is 2. The molecule has 0 spiro atoms. The van der Waals surface area contributed by atoms with Crippen molar-refractivity contribution in [3.63, 3.8) is 0 Å². The first-order chi connectivity index (χ1) is 12.1. The van der Waals surface area contributed by atoms with Gasteiger partial charge in [0.1, 0.15) is 17.3 Å². The minimum atomic E-state index is -3.33. The molecular weight excluding hydrogens is 338 g/mol. The van der Waals surface area contributed by atoms with Crippen molar-refractivity contribution in [3.8, 4) is 5.75 Å². The molecule has 1 aromatic carbocycles. The SMILES string of the molecule is O=S1(=O)CCN2CCN[C@H](C3C=CC(Oc4ccccc4)=CC3)C2=N1. The second-order valence-electron chi connectivity index (χ2n) is 6.43. The van der Waals surface area contributed by atoms with Crippen molar-refractivity contribution < 1.29 is 13.2 Å². The summed E-state index contributed by atoms with van der Waals surface area (Å²) in [6.07, 6.45) is 6.88. The Morgan fingerprint density at radius 3 is 2.80 bits per heavy atom. The highest BCUT2D eigenvalue weighted by Crippen LogP contribution is 2.26. The maximum absolute atomic E-state index is 11.9. The van der Waals surface area contributed by atoms with E-state index in [0.717, 1.165) is 31.0 Å². The van der Waals surface area contributed by atoms with E-state index in [1.807, 2.05) is 36.4 Å². The lowest BCUT2D eigenvalue weighted by atomic mass is 9.90. The largest absolute Gasteiger partial charge is 0.458 e. The lowest BCUT2D eigenvalue weighted by Gasteiger charge is -2.41. The predicted octanol–water partition coefficient (Wildman–Crippen LogP) is 1.54. The fourth-order valence-electron chi connectivity index (χ4n) is 3.42. The molecule has 1 fully saturated rings. The van der Waals surface area contributed by atoms with Crippen LogP contribution in [0, 0.1) is 5.92 Å². The van der Waals surface area contributed by atoms with Gasteiger partial charge in [-0.05, 0) is 30.7 Å². The monoisotopic (exact) mass is 359 g/mol. The van der Waals surface area contributed by atoms with Crippen LogP contribution in [-0.4, -0.2) is 50.6 Å². The molecular formula is C18H21N3O3S. The van der Waals surface area contributed by atoms with Crippen LogP contribution in [0.5, 0.6) is 5.75 Å². The molecule has 4 rings (SSSR count). The van der Waals surface area contributed by atoms with Gasteiger partial charge >= 0.3 is 0 Å². The van der Waals surface area contributed by atoms with E-state index in [1.54, 1.807) is 0 Å². The second kappa shape index (κ2) is 6.65. The smallest absolute Gasteiger partial charge is 0.256 e. The van der Waals surface area contributed by atoms with Crippen molar-refractivity contribution in [3.05, 3.63) is 54.3 Å². The fraction of sp³-hybridized carbons (Fsp3) is 0.389. The average molecular weight is 359 g/mol. The number of rotatable bonds is 3. The topological polar surface area (TPSA) is 71.0 Å². The number of benzene rings is 1. The zero-order chi connectivity index (χ0) is 17.3. The maximum atomic E-state index is 11.9. The molecule has 0 bridgehead atoms. The summed E-state index contributed by atoms with van der Waals surface area (Å²) in [6, 6.07) is 9.59. The lowest BCUT2D eigenvalue weighted by Crippen LogP contribution is -2.60. The number of amidine groups is 1. The molecule has 1 N–H and O–H groups in total. The van der Waals surface area contributed by atoms with Crippen LogP contribution >= 0.6 is 0 Å². The third kappa shape index (κ3) is 3.62. The van der Waals surface area contributed by atoms with Gasteiger partial charge in [0.25, 0.3) is 10.0 Å². The number of para-hydroxylation sites is 1. The first kappa shape index (κ1) is 16.4. The Kier molecular flexibility index (Phi) is 4.35. The van der Waals surface area contributed by atoms with E-state index in [4.69, 9.17) is 4.74 Å². The first-order valence-electron chi connectivity index (χ1n) is 8.53. The Morgan fingerprint density at radius 2 is 2.04 bits per heavy atom. The Morgan fingerprint density at radius 1 is 1.20 bits per heavy atom. The van der Waals surface area contributed by atoms with Crippen molar-refractivity contribution in [2.75, 3.05) is 25.4 Å². The predicted molar refractivity (Wildman–Crippen MR) is 97.0 cm³/mol. The van der Waals surface area contributed by atoms with Gasteiger partial charge < -0.3 is 15.0 Å². The van der Waals surface area contributed by atoms with Crippen LogP contribution < -0.4 is 10.1 Å². The van der Waals surface area contributed by atoms with E-state index in [-0.39, 0.29) is 17.7 Å². The molecule has 6 nitrogen and oxygen atoms in total. The molecule has 2 heterocycles. The third-order valence-electron chi connectivity index (χ3n) is 4.71. The Balaban J connectivity index is 1.48. The Hall–Kier alpha value is -2.12. The van der Waals surface area contributed by atoms with Crippen LogP contribution in [0.4, 0.5) is 0 Å². The molecule has 25 heavy (non-hydrogen) atoms. The van der Waals surface area contributed by atoms with E-state index in [1.165, 1.54) is 0 Å². The van der Waals surface area contributed by atoms with E-state index < -0.39 is 10.0 Å². The minimum absolute atomic E-state index is 0.0744. The molecule has 1 aromatic rings. The van der Waals surface area contributed by atoms with Gasteiger partial charge in [-0.25, -0.2) is 8.42 Å². The standard InChI is InChI=1S/C18H21N3O3S/c22-25(23)13-12-21-11-10-19-17(18(21)20-25)14-6-8-16(9-7-14)24-15-4-2-1-3-5-15/h1-6,8-9,14,17,19H,7,10-13H2/t14?,17-/m1/s1. The van der Waals surface area contributed by atoms with Gasteiger partial charge in [-0.15, -0.1) is 4.40 Å². The van der Waals surface area contributed by atoms with Crippen molar-refractivity contribution in [1.29, 1.82) is 0 Å². The molecule has 0 radical (unpaired) electrons. The summed E-state index contributed by atoms with van der Waals surface area (Å²) in [6.45, 7) is 2.18. The summed E-state index contributed by atoms with van der Waals surface area (Å²) >= 11 is 0. The summed E-state index contributed by atoms with van der Waals surface area (Å²) in [5.41, 5.74) is 0. The fourth-order valence-corrected chi connectivity index (χ4v) is 4.48. The molecule has 2 aliphatic heterocycles. The van der Waals surface area contributed by atoms with Gasteiger partial charge in [-0.1, -0.05) is 24.3 Å². The Labute approximate surface area is 147 Å². The van der Waals surface area contributed by atoms with Crippen molar-refractivity contribution in [2.24, 2.45) is 10.3 Å². The number of piperazine rings is 1. The second-order valence-corrected chi connectivity index (χ2v) is 8.19. The zero-order valence-corrected chi connectivity index (χ0v) is 14.7. The van der Waals surface area contributed by atoms with E-state index >= 15 is 0 Å². The molecule has 1 saturated heterocycles. The molecule has 1 aliphatic carbocycles. The maximum Gasteiger partial charge on any atom is 0.256 e. The first-order valence-corrected chi connectivity index (χ1v) is 10.1. The average Bonchev–Trinajstić information content (AvgIpc) is 2.62. The summed E-state index contributed by atoms with van der Waals surface area (Å²) in [7, 11) is -3.33. The quantitative estimate of drug-likeness (QED) is 0.886. The van der Waals surface area contributed by atoms with E-state index in [9.17, 15) is 8.42 Å². The van der Waals surface area contributed by atoms with Gasteiger partial charge in [0.15, 0.2) is 0 Å². The number of sulfonamides is 1. The number of hydrogen-bond acceptors (Lipinski definition) is 5. The van der Waals surface area contributed by atoms with Crippen LogP contribution in [0.1, 0.15) is 6.42 Å². The van der Waals surface area contributed by atoms with Crippen LogP contribution in [0.3, 0.4) is 0 Å². The summed E-state index contributed by atoms with van der Waals surface area (Å²) in [5, 5.41) is 3.43. The van der Waals surface area contributed by atoms with E-state index in [0.29, 0.717) is 12.4 Å². The number of hydrogen-bond donors (Lipinski definition) is 1. The van der Waals surface area contributed by atoms with Gasteiger partial charge in [0, 0.05) is 25.6 Å². The normalized spacial score (nSPS) is 27.9. The van der Waals surface area contributed by atoms with Crippen LogP contribution in [0.25, 0.3) is 0 Å². The van der Waals surface area contributed by atoms with E-state index in [2.05, 4.69) is 26.8 Å². The minimum Gasteiger partial charge on any atom is -0.458 e. The van der Waals surface area contributed by atoms with Crippen LogP contribution in [0.15, 0.2) is 58.7 Å². The summed E-state index contributed by atoms with van der Waals surface area (Å²) < 4.78 is 33.7. The van der Waals surface area contributed by atoms with Crippen LogP contribution in [-0.2, 0) is 10.0 Å². The molecule has 7 heteroatoms.